The zero-order chi connectivity index (χ0) is 12.3. The van der Waals surface area contributed by atoms with Gasteiger partial charge in [-0.1, -0.05) is 30.3 Å². The molecule has 2 rings (SSSR count). The van der Waals surface area contributed by atoms with Crippen molar-refractivity contribution in [1.29, 1.82) is 0 Å². The molecule has 0 bridgehead atoms. The van der Waals surface area contributed by atoms with Crippen LogP contribution >= 0.6 is 0 Å². The minimum atomic E-state index is -0.884. The lowest BCUT2D eigenvalue weighted by atomic mass is 10.0. The Hall–Kier alpha value is -1.39. The third kappa shape index (κ3) is 2.84. The van der Waals surface area contributed by atoms with Gasteiger partial charge in [0, 0.05) is 18.6 Å². The van der Waals surface area contributed by atoms with E-state index in [4.69, 9.17) is 0 Å². The lowest BCUT2D eigenvalue weighted by Gasteiger charge is -2.18. The molecule has 92 valence electrons. The Morgan fingerprint density at radius 3 is 2.47 bits per heavy atom. The predicted octanol–water partition coefficient (Wildman–Crippen LogP) is 1.17. The van der Waals surface area contributed by atoms with E-state index < -0.39 is 12.0 Å². The van der Waals surface area contributed by atoms with Gasteiger partial charge in [-0.15, -0.1) is 0 Å². The van der Waals surface area contributed by atoms with E-state index in [1.807, 2.05) is 18.2 Å². The van der Waals surface area contributed by atoms with Gasteiger partial charge in [0.25, 0.3) is 0 Å². The van der Waals surface area contributed by atoms with E-state index in [1.165, 1.54) is 0 Å². The molecule has 4 nitrogen and oxygen atoms in total. The third-order valence-electron chi connectivity index (χ3n) is 3.35. The normalized spacial score (nSPS) is 18.6. The van der Waals surface area contributed by atoms with Crippen molar-refractivity contribution < 1.29 is 15.0 Å². The highest BCUT2D eigenvalue weighted by Crippen LogP contribution is 2.44. The van der Waals surface area contributed by atoms with Gasteiger partial charge in [-0.2, -0.15) is 0 Å². The molecule has 1 atom stereocenters. The summed E-state index contributed by atoms with van der Waals surface area (Å²) in [5.41, 5.74) is 0.663. The zero-order valence-corrected chi connectivity index (χ0v) is 9.60. The summed E-state index contributed by atoms with van der Waals surface area (Å²) in [6.07, 6.45) is 1.94. The second-order valence-electron chi connectivity index (χ2n) is 4.72. The molecule has 1 aliphatic carbocycles. The quantitative estimate of drug-likeness (QED) is 0.692. The number of rotatable bonds is 6. The first-order valence-corrected chi connectivity index (χ1v) is 5.79. The summed E-state index contributed by atoms with van der Waals surface area (Å²) in [6.45, 7) is 0.677. The molecule has 4 heteroatoms. The van der Waals surface area contributed by atoms with Crippen LogP contribution in [0.15, 0.2) is 30.3 Å². The van der Waals surface area contributed by atoms with E-state index in [-0.39, 0.29) is 12.0 Å². The summed E-state index contributed by atoms with van der Waals surface area (Å²) in [5, 5.41) is 21.4. The molecule has 1 fully saturated rings. The Balaban J connectivity index is 2.01. The van der Waals surface area contributed by atoms with E-state index in [1.54, 1.807) is 12.1 Å². The Morgan fingerprint density at radius 1 is 1.35 bits per heavy atom. The Kier molecular flexibility index (Phi) is 3.45. The number of nitrogens with one attached hydrogen (secondary N) is 1. The standard InChI is InChI=1S/C13H17NO3/c15-9-13(6-7-13)8-14-11(12(16)17)10-4-2-1-3-5-10/h1-5,11,14-15H,6-9H2,(H,16,17). The molecule has 0 spiro atoms. The number of hydrogen-bond acceptors (Lipinski definition) is 3. The Morgan fingerprint density at radius 2 is 2.00 bits per heavy atom. The zero-order valence-electron chi connectivity index (χ0n) is 9.60. The molecule has 0 aromatic heterocycles. The van der Waals surface area contributed by atoms with Crippen LogP contribution in [0.5, 0.6) is 0 Å². The molecule has 1 aromatic rings. The molecular formula is C13H17NO3. The number of carboxylic acid groups (broad SMARTS) is 1. The van der Waals surface area contributed by atoms with Crippen LogP contribution in [0.3, 0.4) is 0 Å². The predicted molar refractivity (Wildman–Crippen MR) is 63.6 cm³/mol. The second kappa shape index (κ2) is 4.85. The van der Waals surface area contributed by atoms with Gasteiger partial charge in [0.1, 0.15) is 6.04 Å². The number of carboxylic acids is 1. The summed E-state index contributed by atoms with van der Waals surface area (Å²) in [6, 6.07) is 8.41. The SMILES string of the molecule is O=C(O)C(NCC1(CO)CC1)c1ccccc1. The van der Waals surface area contributed by atoms with Gasteiger partial charge in [-0.3, -0.25) is 4.79 Å². The summed E-state index contributed by atoms with van der Waals surface area (Å²) < 4.78 is 0. The van der Waals surface area contributed by atoms with Crippen LogP contribution in [-0.2, 0) is 4.79 Å². The summed E-state index contributed by atoms with van der Waals surface area (Å²) in [4.78, 5) is 11.2. The van der Waals surface area contributed by atoms with Crippen molar-refractivity contribution in [2.24, 2.45) is 5.41 Å². The van der Waals surface area contributed by atoms with Crippen LogP contribution in [0.25, 0.3) is 0 Å². The van der Waals surface area contributed by atoms with Gasteiger partial charge in [-0.05, 0) is 18.4 Å². The monoisotopic (exact) mass is 235 g/mol. The fraction of sp³-hybridized carbons (Fsp3) is 0.462. The van der Waals surface area contributed by atoms with Crippen LogP contribution in [0.2, 0.25) is 0 Å². The number of benzene rings is 1. The molecule has 17 heavy (non-hydrogen) atoms. The van der Waals surface area contributed by atoms with Crippen LogP contribution in [0.1, 0.15) is 24.4 Å². The van der Waals surface area contributed by atoms with Crippen molar-refractivity contribution >= 4 is 5.97 Å². The van der Waals surface area contributed by atoms with Crippen molar-refractivity contribution in [2.75, 3.05) is 13.2 Å². The molecule has 0 saturated heterocycles. The average Bonchev–Trinajstić information content (AvgIpc) is 3.11. The van der Waals surface area contributed by atoms with Crippen molar-refractivity contribution in [3.05, 3.63) is 35.9 Å². The number of hydrogen-bond donors (Lipinski definition) is 3. The van der Waals surface area contributed by atoms with Crippen molar-refractivity contribution in [2.45, 2.75) is 18.9 Å². The molecule has 0 heterocycles. The molecule has 0 amide bonds. The first-order valence-electron chi connectivity index (χ1n) is 5.79. The number of aliphatic carboxylic acids is 1. The highest BCUT2D eigenvalue weighted by Gasteiger charge is 2.42. The third-order valence-corrected chi connectivity index (χ3v) is 3.35. The number of aliphatic hydroxyl groups is 1. The lowest BCUT2D eigenvalue weighted by Crippen LogP contribution is -2.34. The minimum Gasteiger partial charge on any atom is -0.480 e. The maximum atomic E-state index is 11.2. The molecule has 1 unspecified atom stereocenters. The number of carbonyl (C=O) groups is 1. The fourth-order valence-electron chi connectivity index (χ4n) is 1.88. The first kappa shape index (κ1) is 12.1. The van der Waals surface area contributed by atoms with Crippen molar-refractivity contribution in [3.8, 4) is 0 Å². The molecule has 1 aliphatic rings. The first-order chi connectivity index (χ1) is 8.17. The molecule has 1 saturated carbocycles. The average molecular weight is 235 g/mol. The van der Waals surface area contributed by atoms with Gasteiger partial charge < -0.3 is 15.5 Å². The maximum absolute atomic E-state index is 11.2. The summed E-state index contributed by atoms with van der Waals surface area (Å²) >= 11 is 0. The smallest absolute Gasteiger partial charge is 0.325 e. The van der Waals surface area contributed by atoms with Gasteiger partial charge in [0.15, 0.2) is 0 Å². The minimum absolute atomic E-state index is 0.0809. The fourth-order valence-corrected chi connectivity index (χ4v) is 1.88. The van der Waals surface area contributed by atoms with Crippen LogP contribution in [0, 0.1) is 5.41 Å². The van der Waals surface area contributed by atoms with E-state index in [0.29, 0.717) is 6.54 Å². The highest BCUT2D eigenvalue weighted by molar-refractivity contribution is 5.75. The maximum Gasteiger partial charge on any atom is 0.325 e. The van der Waals surface area contributed by atoms with Gasteiger partial charge in [0.2, 0.25) is 0 Å². The molecule has 1 aromatic carbocycles. The van der Waals surface area contributed by atoms with E-state index in [9.17, 15) is 15.0 Å². The topological polar surface area (TPSA) is 69.6 Å². The van der Waals surface area contributed by atoms with Crippen LogP contribution in [0.4, 0.5) is 0 Å². The summed E-state index contributed by atoms with van der Waals surface area (Å²) in [7, 11) is 0. The molecule has 0 radical (unpaired) electrons. The lowest BCUT2D eigenvalue weighted by molar-refractivity contribution is -0.139. The molecular weight excluding hydrogens is 218 g/mol. The number of aliphatic hydroxyl groups excluding tert-OH is 1. The van der Waals surface area contributed by atoms with Crippen LogP contribution in [-0.4, -0.2) is 29.3 Å². The second-order valence-corrected chi connectivity index (χ2v) is 4.72. The van der Waals surface area contributed by atoms with Crippen molar-refractivity contribution in [1.82, 2.24) is 5.32 Å². The molecule has 3 N–H and O–H groups in total. The highest BCUT2D eigenvalue weighted by atomic mass is 16.4. The van der Waals surface area contributed by atoms with E-state index >= 15 is 0 Å². The Labute approximate surface area is 100 Å². The largest absolute Gasteiger partial charge is 0.480 e. The van der Waals surface area contributed by atoms with Gasteiger partial charge in [0.05, 0.1) is 0 Å². The van der Waals surface area contributed by atoms with Gasteiger partial charge in [-0.25, -0.2) is 0 Å². The van der Waals surface area contributed by atoms with E-state index in [2.05, 4.69) is 5.32 Å². The van der Waals surface area contributed by atoms with Crippen LogP contribution < -0.4 is 5.32 Å². The molecule has 0 aliphatic heterocycles. The van der Waals surface area contributed by atoms with Gasteiger partial charge >= 0.3 is 5.97 Å². The Bertz CT molecular complexity index is 387. The summed E-state index contributed by atoms with van der Waals surface area (Å²) in [5.74, 6) is -0.884. The van der Waals surface area contributed by atoms with E-state index in [0.717, 1.165) is 18.4 Å². The van der Waals surface area contributed by atoms with Crippen molar-refractivity contribution in [3.63, 3.8) is 0 Å².